The van der Waals surface area contributed by atoms with Crippen molar-refractivity contribution in [3.05, 3.63) is 44.4 Å². The predicted octanol–water partition coefficient (Wildman–Crippen LogP) is 4.12. The molecule has 0 fully saturated rings. The number of benzene rings is 1. The number of hydrogen-bond acceptors (Lipinski definition) is 2. The summed E-state index contributed by atoms with van der Waals surface area (Å²) in [7, 11) is 0. The van der Waals surface area contributed by atoms with Crippen LogP contribution in [0.1, 0.15) is 17.9 Å². The normalized spacial score (nSPS) is 16.8. The van der Waals surface area contributed by atoms with E-state index in [1.807, 2.05) is 6.07 Å². The molecule has 1 aromatic carbocycles. The standard InChI is InChI=1S/C9H8Br2ClNO2/c1-9(11,13(14)15)8(12)6-3-2-4-7(10)5-6/h2-5,8H,1H3/t8-,9+/m1/s1. The van der Waals surface area contributed by atoms with E-state index in [2.05, 4.69) is 31.9 Å². The molecule has 1 aromatic rings. The second-order valence-corrected chi connectivity index (χ2v) is 6.16. The Labute approximate surface area is 109 Å². The summed E-state index contributed by atoms with van der Waals surface area (Å²) >= 11 is 12.4. The fraction of sp³-hybridized carbons (Fsp3) is 0.333. The number of rotatable bonds is 3. The topological polar surface area (TPSA) is 43.1 Å². The fourth-order valence-corrected chi connectivity index (χ4v) is 1.96. The molecule has 0 amide bonds. The van der Waals surface area contributed by atoms with Gasteiger partial charge in [-0.3, -0.25) is 10.1 Å². The largest absolute Gasteiger partial charge is 0.291 e. The molecule has 0 unspecified atom stereocenters. The Hall–Kier alpha value is -0.130. The van der Waals surface area contributed by atoms with Crippen LogP contribution in [0.2, 0.25) is 0 Å². The first kappa shape index (κ1) is 12.9. The second-order valence-electron chi connectivity index (χ2n) is 3.20. The Morgan fingerprint density at radius 3 is 2.67 bits per heavy atom. The van der Waals surface area contributed by atoms with Crippen LogP contribution in [-0.2, 0) is 0 Å². The molecule has 3 nitrogen and oxygen atoms in total. The van der Waals surface area contributed by atoms with Crippen LogP contribution < -0.4 is 0 Å². The van der Waals surface area contributed by atoms with Crippen LogP contribution in [0.15, 0.2) is 28.7 Å². The minimum absolute atomic E-state index is 0.439. The van der Waals surface area contributed by atoms with Crippen molar-refractivity contribution < 1.29 is 4.92 Å². The van der Waals surface area contributed by atoms with Gasteiger partial charge in [-0.1, -0.05) is 28.1 Å². The molecule has 15 heavy (non-hydrogen) atoms. The first-order valence-electron chi connectivity index (χ1n) is 4.08. The first-order valence-corrected chi connectivity index (χ1v) is 6.11. The van der Waals surface area contributed by atoms with E-state index in [1.54, 1.807) is 18.2 Å². The van der Waals surface area contributed by atoms with Gasteiger partial charge in [0.15, 0.2) is 0 Å². The Morgan fingerprint density at radius 1 is 1.60 bits per heavy atom. The lowest BCUT2D eigenvalue weighted by molar-refractivity contribution is -0.531. The van der Waals surface area contributed by atoms with Crippen LogP contribution in [0.5, 0.6) is 0 Å². The van der Waals surface area contributed by atoms with E-state index >= 15 is 0 Å². The molecule has 0 aromatic heterocycles. The first-order chi connectivity index (χ1) is 6.85. The molecule has 0 heterocycles. The van der Waals surface area contributed by atoms with Gasteiger partial charge in [0.25, 0.3) is 4.45 Å². The Balaban J connectivity index is 3.04. The third kappa shape index (κ3) is 2.92. The third-order valence-electron chi connectivity index (χ3n) is 1.96. The smallest absolute Gasteiger partial charge is 0.263 e. The second kappa shape index (κ2) is 4.80. The van der Waals surface area contributed by atoms with Gasteiger partial charge in [0.1, 0.15) is 5.38 Å². The molecule has 0 radical (unpaired) electrons. The number of halogens is 3. The van der Waals surface area contributed by atoms with E-state index in [0.717, 1.165) is 4.47 Å². The molecule has 0 aliphatic rings. The van der Waals surface area contributed by atoms with Crippen molar-refractivity contribution in [1.82, 2.24) is 0 Å². The molecular weight excluding hydrogens is 349 g/mol. The van der Waals surface area contributed by atoms with Gasteiger partial charge in [0.2, 0.25) is 0 Å². The van der Waals surface area contributed by atoms with Crippen LogP contribution in [-0.4, -0.2) is 9.37 Å². The molecule has 6 heteroatoms. The maximum atomic E-state index is 10.8. The summed E-state index contributed by atoms with van der Waals surface area (Å²) in [6, 6.07) is 7.15. The summed E-state index contributed by atoms with van der Waals surface area (Å²) in [6.07, 6.45) is 0. The SMILES string of the molecule is C[C@@](Br)([C@H](Cl)c1cccc(Br)c1)[N+](=O)[O-]. The quantitative estimate of drug-likeness (QED) is 0.353. The molecule has 2 atom stereocenters. The zero-order chi connectivity index (χ0) is 11.6. The van der Waals surface area contributed by atoms with Crippen LogP contribution in [0, 0.1) is 10.1 Å². The van der Waals surface area contributed by atoms with Crippen molar-refractivity contribution in [2.75, 3.05) is 0 Å². The Bertz CT molecular complexity index is 384. The van der Waals surface area contributed by atoms with Crippen LogP contribution in [0.4, 0.5) is 0 Å². The Morgan fingerprint density at radius 2 is 2.20 bits per heavy atom. The molecule has 0 aliphatic carbocycles. The summed E-state index contributed by atoms with van der Waals surface area (Å²) in [5, 5.41) is 10.1. The maximum Gasteiger partial charge on any atom is 0.291 e. The molecule has 1 rings (SSSR count). The van der Waals surface area contributed by atoms with Crippen LogP contribution >= 0.6 is 43.5 Å². The van der Waals surface area contributed by atoms with E-state index in [9.17, 15) is 10.1 Å². The van der Waals surface area contributed by atoms with Gasteiger partial charge in [-0.15, -0.1) is 11.6 Å². The zero-order valence-corrected chi connectivity index (χ0v) is 11.7. The molecule has 0 spiro atoms. The minimum atomic E-state index is -1.37. The minimum Gasteiger partial charge on any atom is -0.263 e. The van der Waals surface area contributed by atoms with E-state index in [1.165, 1.54) is 6.92 Å². The molecule has 0 N–H and O–H groups in total. The molecule has 0 saturated carbocycles. The van der Waals surface area contributed by atoms with E-state index in [4.69, 9.17) is 11.6 Å². The highest BCUT2D eigenvalue weighted by atomic mass is 79.9. The predicted molar refractivity (Wildman–Crippen MR) is 67.1 cm³/mol. The number of alkyl halides is 2. The van der Waals surface area contributed by atoms with Crippen molar-refractivity contribution in [3.63, 3.8) is 0 Å². The van der Waals surface area contributed by atoms with Gasteiger partial charge in [-0.2, -0.15) is 0 Å². The van der Waals surface area contributed by atoms with Gasteiger partial charge < -0.3 is 0 Å². The Kier molecular flexibility index (Phi) is 4.14. The maximum absolute atomic E-state index is 10.8. The average Bonchev–Trinajstić information content (AvgIpc) is 2.16. The highest BCUT2D eigenvalue weighted by Crippen LogP contribution is 2.39. The van der Waals surface area contributed by atoms with Crippen molar-refractivity contribution >= 4 is 43.5 Å². The summed E-state index contributed by atoms with van der Waals surface area (Å²) in [6.45, 7) is 1.44. The van der Waals surface area contributed by atoms with Gasteiger partial charge in [-0.05, 0) is 17.7 Å². The molecular formula is C9H8Br2ClNO2. The summed E-state index contributed by atoms with van der Waals surface area (Å²) in [5.41, 5.74) is 0.696. The highest BCUT2D eigenvalue weighted by molar-refractivity contribution is 9.10. The van der Waals surface area contributed by atoms with E-state index in [0.29, 0.717) is 5.56 Å². The average molecular weight is 357 g/mol. The monoisotopic (exact) mass is 355 g/mol. The summed E-state index contributed by atoms with van der Waals surface area (Å²) in [4.78, 5) is 10.3. The zero-order valence-electron chi connectivity index (χ0n) is 7.78. The van der Waals surface area contributed by atoms with Gasteiger partial charge in [0, 0.05) is 32.2 Å². The molecule has 82 valence electrons. The summed E-state index contributed by atoms with van der Waals surface area (Å²) < 4.78 is -0.521. The summed E-state index contributed by atoms with van der Waals surface area (Å²) in [5.74, 6) is 0. The lowest BCUT2D eigenvalue weighted by Gasteiger charge is -2.19. The number of nitrogens with zero attached hydrogens (tertiary/aromatic N) is 1. The highest BCUT2D eigenvalue weighted by Gasteiger charge is 2.43. The fourth-order valence-electron chi connectivity index (χ4n) is 1.06. The van der Waals surface area contributed by atoms with Gasteiger partial charge >= 0.3 is 0 Å². The van der Waals surface area contributed by atoms with Crippen LogP contribution in [0.3, 0.4) is 0 Å². The lowest BCUT2D eigenvalue weighted by Crippen LogP contribution is -2.32. The molecule has 0 aliphatic heterocycles. The van der Waals surface area contributed by atoms with Gasteiger partial charge in [0.05, 0.1) is 0 Å². The third-order valence-corrected chi connectivity index (χ3v) is 4.14. The van der Waals surface area contributed by atoms with E-state index in [-0.39, 0.29) is 0 Å². The van der Waals surface area contributed by atoms with Crippen molar-refractivity contribution in [2.24, 2.45) is 0 Å². The van der Waals surface area contributed by atoms with Crippen molar-refractivity contribution in [3.8, 4) is 0 Å². The van der Waals surface area contributed by atoms with E-state index < -0.39 is 14.7 Å². The molecule has 0 saturated heterocycles. The molecule has 0 bridgehead atoms. The number of nitro groups is 1. The number of hydrogen-bond donors (Lipinski definition) is 0. The van der Waals surface area contributed by atoms with Gasteiger partial charge in [-0.25, -0.2) is 0 Å². The van der Waals surface area contributed by atoms with Crippen molar-refractivity contribution in [2.45, 2.75) is 16.7 Å². The lowest BCUT2D eigenvalue weighted by atomic mass is 10.1. The van der Waals surface area contributed by atoms with Crippen LogP contribution in [0.25, 0.3) is 0 Å². The van der Waals surface area contributed by atoms with Crippen molar-refractivity contribution in [1.29, 1.82) is 0 Å².